The smallest absolute Gasteiger partial charge is 0.381 e. The first kappa shape index (κ1) is 19.6. The number of hydrogen-bond donors (Lipinski definition) is 2. The normalized spacial score (nSPS) is 18.0. The quantitative estimate of drug-likeness (QED) is 0.628. The Morgan fingerprint density at radius 2 is 1.96 bits per heavy atom. The minimum atomic E-state index is -4.34. The summed E-state index contributed by atoms with van der Waals surface area (Å²) < 4.78 is 44.7. The summed E-state index contributed by atoms with van der Waals surface area (Å²) in [6.07, 6.45) is -2.03. The van der Waals surface area contributed by atoms with Crippen LogP contribution in [-0.4, -0.2) is 39.3 Å². The largest absolute Gasteiger partial charge is 0.416 e. The molecule has 0 amide bonds. The molecule has 0 radical (unpaired) electrons. The van der Waals surface area contributed by atoms with Crippen molar-refractivity contribution in [2.75, 3.05) is 33.4 Å². The molecule has 1 aromatic rings. The van der Waals surface area contributed by atoms with Gasteiger partial charge in [0.25, 0.3) is 0 Å². The molecular formula is C18H26F3N3O. The molecule has 1 fully saturated rings. The van der Waals surface area contributed by atoms with E-state index in [9.17, 15) is 13.2 Å². The van der Waals surface area contributed by atoms with E-state index in [4.69, 9.17) is 4.74 Å². The summed E-state index contributed by atoms with van der Waals surface area (Å²) in [5.74, 6) is 0.666. The van der Waals surface area contributed by atoms with Crippen molar-refractivity contribution < 1.29 is 17.9 Å². The first-order valence-electron chi connectivity index (χ1n) is 8.61. The molecule has 1 heterocycles. The van der Waals surface area contributed by atoms with Crippen LogP contribution in [0.5, 0.6) is 0 Å². The molecule has 0 atom stereocenters. The van der Waals surface area contributed by atoms with Gasteiger partial charge in [-0.15, -0.1) is 0 Å². The van der Waals surface area contributed by atoms with Crippen LogP contribution in [0.15, 0.2) is 29.3 Å². The van der Waals surface area contributed by atoms with Gasteiger partial charge in [0.1, 0.15) is 0 Å². The van der Waals surface area contributed by atoms with Gasteiger partial charge in [-0.3, -0.25) is 4.99 Å². The van der Waals surface area contributed by atoms with E-state index in [-0.39, 0.29) is 0 Å². The number of nitrogens with one attached hydrogen (secondary N) is 2. The van der Waals surface area contributed by atoms with Crippen molar-refractivity contribution in [3.63, 3.8) is 0 Å². The summed E-state index contributed by atoms with van der Waals surface area (Å²) in [7, 11) is 1.69. The maximum Gasteiger partial charge on any atom is 0.416 e. The van der Waals surface area contributed by atoms with Crippen LogP contribution in [0.25, 0.3) is 0 Å². The summed E-state index contributed by atoms with van der Waals surface area (Å²) >= 11 is 0. The molecule has 4 nitrogen and oxygen atoms in total. The Hall–Kier alpha value is -1.76. The van der Waals surface area contributed by atoms with E-state index in [0.29, 0.717) is 44.1 Å². The highest BCUT2D eigenvalue weighted by Gasteiger charge is 2.37. The van der Waals surface area contributed by atoms with Crippen LogP contribution >= 0.6 is 0 Å². The van der Waals surface area contributed by atoms with E-state index in [1.54, 1.807) is 13.1 Å². The van der Waals surface area contributed by atoms with E-state index in [0.717, 1.165) is 19.0 Å². The fourth-order valence-electron chi connectivity index (χ4n) is 3.07. The standard InChI is InChI=1S/C18H26F3N3O/c1-3-9-23-16(22-2)24-13-17(7-10-25-11-8-17)14-5-4-6-15(12-14)18(19,20)21/h4-6,12H,3,7-11,13H2,1-2H3,(H2,22,23,24). The molecule has 1 saturated heterocycles. The van der Waals surface area contributed by atoms with Gasteiger partial charge in [0, 0.05) is 38.8 Å². The molecule has 1 aliphatic heterocycles. The van der Waals surface area contributed by atoms with E-state index >= 15 is 0 Å². The first-order chi connectivity index (χ1) is 11.9. The molecule has 0 aromatic heterocycles. The van der Waals surface area contributed by atoms with Gasteiger partial charge < -0.3 is 15.4 Å². The molecule has 1 aliphatic rings. The van der Waals surface area contributed by atoms with Crippen molar-refractivity contribution in [1.82, 2.24) is 10.6 Å². The summed E-state index contributed by atoms with van der Waals surface area (Å²) in [4.78, 5) is 4.17. The minimum absolute atomic E-state index is 0.399. The lowest BCUT2D eigenvalue weighted by molar-refractivity contribution is -0.137. The van der Waals surface area contributed by atoms with Crippen LogP contribution in [0.4, 0.5) is 13.2 Å². The molecular weight excluding hydrogens is 331 g/mol. The fraction of sp³-hybridized carbons (Fsp3) is 0.611. The highest BCUT2D eigenvalue weighted by Crippen LogP contribution is 2.37. The number of nitrogens with zero attached hydrogens (tertiary/aromatic N) is 1. The third-order valence-corrected chi connectivity index (χ3v) is 4.61. The third-order valence-electron chi connectivity index (χ3n) is 4.61. The van der Waals surface area contributed by atoms with Gasteiger partial charge in [0.15, 0.2) is 5.96 Å². The summed E-state index contributed by atoms with van der Waals surface area (Å²) in [5, 5.41) is 6.46. The maximum atomic E-state index is 13.1. The average Bonchev–Trinajstić information content (AvgIpc) is 2.62. The number of benzene rings is 1. The van der Waals surface area contributed by atoms with Gasteiger partial charge in [0.05, 0.1) is 5.56 Å². The number of hydrogen-bond acceptors (Lipinski definition) is 2. The fourth-order valence-corrected chi connectivity index (χ4v) is 3.07. The molecule has 2 N–H and O–H groups in total. The molecule has 0 bridgehead atoms. The van der Waals surface area contributed by atoms with Crippen LogP contribution in [0.2, 0.25) is 0 Å². The SMILES string of the molecule is CCCNC(=NC)NCC1(c2cccc(C(F)(F)F)c2)CCOCC1. The number of aliphatic imine (C=N–C) groups is 1. The number of guanidine groups is 1. The maximum absolute atomic E-state index is 13.1. The second kappa shape index (κ2) is 8.56. The highest BCUT2D eigenvalue weighted by molar-refractivity contribution is 5.79. The number of halogens is 3. The lowest BCUT2D eigenvalue weighted by Crippen LogP contribution is -2.48. The third kappa shape index (κ3) is 5.11. The van der Waals surface area contributed by atoms with Crippen LogP contribution in [0.3, 0.4) is 0 Å². The lowest BCUT2D eigenvalue weighted by atomic mass is 9.73. The minimum Gasteiger partial charge on any atom is -0.381 e. The highest BCUT2D eigenvalue weighted by atomic mass is 19.4. The van der Waals surface area contributed by atoms with Crippen molar-refractivity contribution in [1.29, 1.82) is 0 Å². The molecule has 0 aliphatic carbocycles. The number of rotatable bonds is 5. The van der Waals surface area contributed by atoms with Gasteiger partial charge in [0.2, 0.25) is 0 Å². The summed E-state index contributed by atoms with van der Waals surface area (Å²) in [5.41, 5.74) is -0.308. The Kier molecular flexibility index (Phi) is 6.70. The van der Waals surface area contributed by atoms with Gasteiger partial charge in [-0.05, 0) is 30.9 Å². The van der Waals surface area contributed by atoms with Gasteiger partial charge >= 0.3 is 6.18 Å². The van der Waals surface area contributed by atoms with Crippen LogP contribution < -0.4 is 10.6 Å². The van der Waals surface area contributed by atoms with Crippen molar-refractivity contribution in [3.8, 4) is 0 Å². The van der Waals surface area contributed by atoms with E-state index in [2.05, 4.69) is 22.5 Å². The van der Waals surface area contributed by atoms with Gasteiger partial charge in [-0.25, -0.2) is 0 Å². The van der Waals surface area contributed by atoms with Crippen LogP contribution in [0, 0.1) is 0 Å². The van der Waals surface area contributed by atoms with Crippen molar-refractivity contribution in [3.05, 3.63) is 35.4 Å². The Balaban J connectivity index is 2.23. The zero-order chi connectivity index (χ0) is 18.3. The lowest BCUT2D eigenvalue weighted by Gasteiger charge is -2.38. The number of alkyl halides is 3. The first-order valence-corrected chi connectivity index (χ1v) is 8.61. The van der Waals surface area contributed by atoms with E-state index in [1.165, 1.54) is 12.1 Å². The van der Waals surface area contributed by atoms with Crippen LogP contribution in [-0.2, 0) is 16.3 Å². The van der Waals surface area contributed by atoms with Crippen molar-refractivity contribution >= 4 is 5.96 Å². The zero-order valence-corrected chi connectivity index (χ0v) is 14.7. The molecule has 0 spiro atoms. The predicted octanol–water partition coefficient (Wildman–Crippen LogP) is 3.33. The van der Waals surface area contributed by atoms with Crippen LogP contribution in [0.1, 0.15) is 37.3 Å². The molecule has 25 heavy (non-hydrogen) atoms. The van der Waals surface area contributed by atoms with Gasteiger partial charge in [-0.1, -0.05) is 25.1 Å². The average molecular weight is 357 g/mol. The Morgan fingerprint density at radius 3 is 2.56 bits per heavy atom. The molecule has 0 saturated carbocycles. The molecule has 0 unspecified atom stereocenters. The molecule has 1 aromatic carbocycles. The van der Waals surface area contributed by atoms with Crippen molar-refractivity contribution in [2.24, 2.45) is 4.99 Å². The second-order valence-corrected chi connectivity index (χ2v) is 6.32. The topological polar surface area (TPSA) is 45.7 Å². The van der Waals surface area contributed by atoms with E-state index in [1.807, 2.05) is 0 Å². The number of ether oxygens (including phenoxy) is 1. The molecule has 7 heteroatoms. The zero-order valence-electron chi connectivity index (χ0n) is 14.7. The summed E-state index contributed by atoms with van der Waals surface area (Å²) in [6, 6.07) is 5.66. The Morgan fingerprint density at radius 1 is 1.24 bits per heavy atom. The Labute approximate surface area is 146 Å². The summed E-state index contributed by atoms with van der Waals surface area (Å²) in [6.45, 7) is 4.45. The monoisotopic (exact) mass is 357 g/mol. The second-order valence-electron chi connectivity index (χ2n) is 6.32. The van der Waals surface area contributed by atoms with Crippen molar-refractivity contribution in [2.45, 2.75) is 37.8 Å². The van der Waals surface area contributed by atoms with E-state index < -0.39 is 17.2 Å². The Bertz CT molecular complexity index is 581. The molecule has 140 valence electrons. The molecule has 2 rings (SSSR count). The van der Waals surface area contributed by atoms with Gasteiger partial charge in [-0.2, -0.15) is 13.2 Å². The predicted molar refractivity (Wildman–Crippen MR) is 92.8 cm³/mol.